The molecule has 3 aromatic carbocycles. The predicted octanol–water partition coefficient (Wildman–Crippen LogP) is 5.81. The molecule has 6 heteroatoms. The Morgan fingerprint density at radius 2 is 1.52 bits per heavy atom. The average Bonchev–Trinajstić information content (AvgIpc) is 3.28. The fourth-order valence-corrected chi connectivity index (χ4v) is 3.96. The summed E-state index contributed by atoms with van der Waals surface area (Å²) in [6.07, 6.45) is 1.75. The van der Waals surface area contributed by atoms with Crippen LogP contribution in [0.15, 0.2) is 95.3 Å². The lowest BCUT2D eigenvalue weighted by atomic mass is 10.2. The third-order valence-corrected chi connectivity index (χ3v) is 5.47. The Hall–Kier alpha value is -4.19. The zero-order valence-corrected chi connectivity index (χ0v) is 16.9. The molecule has 2 heterocycles. The fraction of sp³-hybridized carbons (Fsp3) is 0.0800. The van der Waals surface area contributed by atoms with Crippen molar-refractivity contribution >= 4 is 33.4 Å². The van der Waals surface area contributed by atoms with Crippen LogP contribution < -0.4 is 0 Å². The van der Waals surface area contributed by atoms with Gasteiger partial charge in [0.1, 0.15) is 0 Å². The van der Waals surface area contributed by atoms with Gasteiger partial charge in [-0.3, -0.25) is 4.79 Å². The number of carbonyl (C=O) groups excluding carboxylic acids is 1. The number of para-hydroxylation sites is 2. The van der Waals surface area contributed by atoms with E-state index in [0.29, 0.717) is 17.8 Å². The summed E-state index contributed by atoms with van der Waals surface area (Å²) in [5, 5.41) is 20.6. The third kappa shape index (κ3) is 3.28. The number of aromatic nitrogens is 2. The molecule has 31 heavy (non-hydrogen) atoms. The van der Waals surface area contributed by atoms with Crippen LogP contribution in [0, 0.1) is 0 Å². The third-order valence-electron chi connectivity index (χ3n) is 5.47. The summed E-state index contributed by atoms with van der Waals surface area (Å²) in [7, 11) is 1.89. The van der Waals surface area contributed by atoms with Gasteiger partial charge in [0.15, 0.2) is 5.69 Å². The van der Waals surface area contributed by atoms with Crippen molar-refractivity contribution in [1.29, 1.82) is 0 Å². The molecule has 0 saturated carbocycles. The summed E-state index contributed by atoms with van der Waals surface area (Å²) in [6.45, 7) is 0.486. The Labute approximate surface area is 178 Å². The number of azo groups is 1. The highest BCUT2D eigenvalue weighted by molar-refractivity contribution is 6.07. The van der Waals surface area contributed by atoms with Crippen molar-refractivity contribution in [2.24, 2.45) is 17.3 Å². The minimum atomic E-state index is -0.448. The summed E-state index contributed by atoms with van der Waals surface area (Å²) in [4.78, 5) is 12.8. The largest absolute Gasteiger partial charge is 0.493 e. The fourth-order valence-electron chi connectivity index (χ4n) is 3.96. The van der Waals surface area contributed by atoms with Gasteiger partial charge in [-0.15, -0.1) is 10.2 Å². The molecule has 2 aromatic heterocycles. The van der Waals surface area contributed by atoms with Crippen LogP contribution in [-0.2, 0) is 13.6 Å². The molecule has 1 N–H and O–H groups in total. The molecule has 6 nitrogen and oxygen atoms in total. The molecule has 0 unspecified atom stereocenters. The number of aromatic hydroxyl groups is 1. The van der Waals surface area contributed by atoms with Crippen LogP contribution in [0.4, 0.5) is 5.69 Å². The van der Waals surface area contributed by atoms with Crippen LogP contribution in [0.2, 0.25) is 0 Å². The second-order valence-electron chi connectivity index (χ2n) is 7.44. The normalized spacial score (nSPS) is 11.6. The lowest BCUT2D eigenvalue weighted by molar-refractivity contribution is 0.0996. The summed E-state index contributed by atoms with van der Waals surface area (Å²) >= 11 is 0. The SMILES string of the molecule is Cn1cc(C(=O)N=Nc2c(O)n(Cc3ccccc3)c3ccccc23)c2ccccc21. The maximum atomic E-state index is 12.8. The number of aryl methyl sites for hydroxylation is 1. The number of fused-ring (bicyclic) bond motifs is 2. The summed E-state index contributed by atoms with van der Waals surface area (Å²) in [5.41, 5.74) is 3.60. The van der Waals surface area contributed by atoms with Gasteiger partial charge in [0.2, 0.25) is 5.88 Å². The molecule has 152 valence electrons. The Morgan fingerprint density at radius 3 is 2.29 bits per heavy atom. The quantitative estimate of drug-likeness (QED) is 0.381. The maximum absolute atomic E-state index is 12.8. The lowest BCUT2D eigenvalue weighted by Crippen LogP contribution is -1.98. The standard InChI is InChI=1S/C25H20N4O2/c1-28-16-20(18-11-5-7-13-21(18)28)24(30)27-26-23-19-12-6-8-14-22(19)29(25(23)31)15-17-9-3-2-4-10-17/h2-14,16,31H,15H2,1H3. The van der Waals surface area contributed by atoms with E-state index in [1.807, 2.05) is 90.5 Å². The van der Waals surface area contributed by atoms with E-state index in [-0.39, 0.29) is 5.88 Å². The van der Waals surface area contributed by atoms with E-state index < -0.39 is 5.91 Å². The molecule has 1 amide bonds. The summed E-state index contributed by atoms with van der Waals surface area (Å²) in [5.74, 6) is -0.462. The van der Waals surface area contributed by atoms with Crippen molar-refractivity contribution in [3.05, 3.63) is 96.2 Å². The van der Waals surface area contributed by atoms with Crippen LogP contribution >= 0.6 is 0 Å². The van der Waals surface area contributed by atoms with Gasteiger partial charge in [-0.25, -0.2) is 0 Å². The van der Waals surface area contributed by atoms with Crippen LogP contribution in [0.3, 0.4) is 0 Å². The minimum Gasteiger partial charge on any atom is -0.493 e. The second kappa shape index (κ2) is 7.57. The molecule has 0 saturated heterocycles. The second-order valence-corrected chi connectivity index (χ2v) is 7.44. The number of rotatable bonds is 4. The van der Waals surface area contributed by atoms with Gasteiger partial charge in [0.05, 0.1) is 17.6 Å². The maximum Gasteiger partial charge on any atom is 0.297 e. The van der Waals surface area contributed by atoms with Crippen molar-refractivity contribution in [2.75, 3.05) is 0 Å². The van der Waals surface area contributed by atoms with Crippen molar-refractivity contribution < 1.29 is 9.90 Å². The highest BCUT2D eigenvalue weighted by Gasteiger charge is 2.18. The van der Waals surface area contributed by atoms with E-state index in [4.69, 9.17) is 0 Å². The predicted molar refractivity (Wildman–Crippen MR) is 121 cm³/mol. The first-order valence-corrected chi connectivity index (χ1v) is 9.98. The van der Waals surface area contributed by atoms with E-state index in [9.17, 15) is 9.90 Å². The van der Waals surface area contributed by atoms with E-state index in [1.165, 1.54) is 0 Å². The van der Waals surface area contributed by atoms with Gasteiger partial charge in [0, 0.05) is 29.5 Å². The molecule has 0 aliphatic carbocycles. The van der Waals surface area contributed by atoms with Crippen molar-refractivity contribution in [2.45, 2.75) is 6.54 Å². The molecular weight excluding hydrogens is 388 g/mol. The average molecular weight is 408 g/mol. The van der Waals surface area contributed by atoms with Crippen LogP contribution in [0.1, 0.15) is 15.9 Å². The molecule has 0 aliphatic heterocycles. The van der Waals surface area contributed by atoms with E-state index in [2.05, 4.69) is 10.2 Å². The Morgan fingerprint density at radius 1 is 0.871 bits per heavy atom. The van der Waals surface area contributed by atoms with Gasteiger partial charge in [-0.1, -0.05) is 66.7 Å². The molecule has 0 spiro atoms. The number of nitrogens with zero attached hydrogens (tertiary/aromatic N) is 4. The van der Waals surface area contributed by atoms with E-state index >= 15 is 0 Å². The monoisotopic (exact) mass is 408 g/mol. The van der Waals surface area contributed by atoms with Gasteiger partial charge < -0.3 is 14.2 Å². The lowest BCUT2D eigenvalue weighted by Gasteiger charge is -2.06. The highest BCUT2D eigenvalue weighted by atomic mass is 16.3. The Kier molecular flexibility index (Phi) is 4.59. The van der Waals surface area contributed by atoms with Crippen LogP contribution in [0.25, 0.3) is 21.8 Å². The molecule has 0 aliphatic rings. The van der Waals surface area contributed by atoms with Gasteiger partial charge in [-0.2, -0.15) is 0 Å². The van der Waals surface area contributed by atoms with Crippen LogP contribution in [0.5, 0.6) is 5.88 Å². The number of amides is 1. The molecular formula is C25H20N4O2. The number of hydrogen-bond donors (Lipinski definition) is 1. The van der Waals surface area contributed by atoms with Gasteiger partial charge in [0.25, 0.3) is 5.91 Å². The zero-order valence-electron chi connectivity index (χ0n) is 16.9. The summed E-state index contributed by atoms with van der Waals surface area (Å²) in [6, 6.07) is 25.1. The van der Waals surface area contributed by atoms with Gasteiger partial charge >= 0.3 is 0 Å². The molecule has 0 radical (unpaired) electrons. The first-order valence-electron chi connectivity index (χ1n) is 9.98. The number of hydrogen-bond acceptors (Lipinski definition) is 3. The number of benzene rings is 3. The van der Waals surface area contributed by atoms with Crippen LogP contribution in [-0.4, -0.2) is 20.1 Å². The first kappa shape index (κ1) is 18.8. The Bertz CT molecular complexity index is 1440. The zero-order chi connectivity index (χ0) is 21.4. The highest BCUT2D eigenvalue weighted by Crippen LogP contribution is 2.39. The molecule has 0 bridgehead atoms. The Balaban J connectivity index is 1.55. The molecule has 5 rings (SSSR count). The van der Waals surface area contributed by atoms with Crippen molar-refractivity contribution in [1.82, 2.24) is 9.13 Å². The van der Waals surface area contributed by atoms with Crippen molar-refractivity contribution in [3.8, 4) is 5.88 Å². The van der Waals surface area contributed by atoms with Crippen molar-refractivity contribution in [3.63, 3.8) is 0 Å². The van der Waals surface area contributed by atoms with Gasteiger partial charge in [-0.05, 0) is 17.7 Å². The molecule has 0 atom stereocenters. The molecule has 0 fully saturated rings. The van der Waals surface area contributed by atoms with E-state index in [1.54, 1.807) is 10.8 Å². The smallest absolute Gasteiger partial charge is 0.297 e. The van der Waals surface area contributed by atoms with E-state index in [0.717, 1.165) is 27.4 Å². The molecule has 5 aromatic rings. The minimum absolute atomic E-state index is 0.0143. The summed E-state index contributed by atoms with van der Waals surface area (Å²) < 4.78 is 3.67. The number of carbonyl (C=O) groups is 1. The topological polar surface area (TPSA) is 71.9 Å². The first-order chi connectivity index (χ1) is 15.1.